The van der Waals surface area contributed by atoms with Gasteiger partial charge in [-0.15, -0.1) is 0 Å². The van der Waals surface area contributed by atoms with Crippen LogP contribution in [0, 0.1) is 48.5 Å². The van der Waals surface area contributed by atoms with Crippen LogP contribution in [0.2, 0.25) is 0 Å². The van der Waals surface area contributed by atoms with E-state index in [1.54, 1.807) is 0 Å². The van der Waals surface area contributed by atoms with Gasteiger partial charge in [-0.2, -0.15) is 0 Å². The lowest BCUT2D eigenvalue weighted by Gasteiger charge is -2.12. The van der Waals surface area contributed by atoms with Crippen LogP contribution in [0.15, 0.2) is 382 Å². The van der Waals surface area contributed by atoms with Crippen molar-refractivity contribution in [2.24, 2.45) is 0 Å². The van der Waals surface area contributed by atoms with Crippen molar-refractivity contribution in [3.8, 4) is 0 Å². The predicted molar refractivity (Wildman–Crippen MR) is 643 cm³/mol. The molecule has 26 aromatic carbocycles. The van der Waals surface area contributed by atoms with E-state index in [9.17, 15) is 0 Å². The molecule has 0 saturated heterocycles. The van der Waals surface area contributed by atoms with Crippen LogP contribution < -0.4 is 0 Å². The third-order valence-corrected chi connectivity index (χ3v) is 24.4. The molecule has 139 heavy (non-hydrogen) atoms. The molecule has 0 amide bonds. The second-order valence-electron chi connectivity index (χ2n) is 31.8. The Labute approximate surface area is 834 Å². The predicted octanol–water partition coefficient (Wildman–Crippen LogP) is 45.4. The Morgan fingerprint density at radius 2 is 0.281 bits per heavy atom. The van der Waals surface area contributed by atoms with Crippen molar-refractivity contribution < 1.29 is 0 Å². The molecular weight excluding hydrogens is 1670 g/mol. The second-order valence-corrected chi connectivity index (χ2v) is 31.8. The highest BCUT2D eigenvalue weighted by atomic mass is 14.2. The number of aryl methyl sites for hydroxylation is 7. The van der Waals surface area contributed by atoms with Crippen molar-refractivity contribution in [1.29, 1.82) is 0 Å². The van der Waals surface area contributed by atoms with E-state index in [1.807, 2.05) is 166 Å². The van der Waals surface area contributed by atoms with Gasteiger partial charge in [-0.3, -0.25) is 0 Å². The van der Waals surface area contributed by atoms with E-state index in [0.717, 1.165) is 0 Å². The van der Waals surface area contributed by atoms with Crippen LogP contribution in [-0.2, 0) is 0 Å². The average Bonchev–Trinajstić information content (AvgIpc) is 0.752. The fourth-order valence-corrected chi connectivity index (χ4v) is 18.7. The van der Waals surface area contributed by atoms with Gasteiger partial charge < -0.3 is 0 Å². The highest BCUT2D eigenvalue weighted by Gasteiger charge is 2.15. The van der Waals surface area contributed by atoms with Gasteiger partial charge in [0.2, 0.25) is 0 Å². The lowest BCUT2D eigenvalue weighted by Crippen LogP contribution is -1.85. The highest BCUT2D eigenvalue weighted by molar-refractivity contribution is 6.28. The molecule has 0 heteroatoms. The normalized spacial score (nSPS) is 10.1. The Morgan fingerprint density at radius 3 is 0.626 bits per heavy atom. The standard InChI is InChI=1S/5C17H12.2C15H12.12C2H6/c2*1-11-10-14-6-2-4-12-8-9-13-5-3-7-15(11)17(13)16(12)14;1-11-9-14-7-5-12-3-2-4-13-6-8-15(10-11)17(14)16(12)13;2*1-11-5-6-14-8-7-12-3-2-4-13-9-10-15(11)17(14)16(12)13;1-11-5-4-8-14-9-12-6-2-3-7-13(12)10-15(11)14;1-11-6-7-14-9-12-4-2-3-5-13(12)10-15(14)8-11;12*1-2/h5*2-10H,1H3;2*2-10H,1H3;12*1-2H3. The molecule has 0 unspecified atom stereocenters. The summed E-state index contributed by atoms with van der Waals surface area (Å²) in [5.74, 6) is 0. The van der Waals surface area contributed by atoms with Gasteiger partial charge in [-0.05, 0) is 311 Å². The maximum Gasteiger partial charge on any atom is -0.00241 e. The smallest absolute Gasteiger partial charge is 0.00241 e. The molecule has 712 valence electrons. The van der Waals surface area contributed by atoms with E-state index < -0.39 is 0 Å². The molecular formula is C139H156. The molecule has 0 N–H and O–H groups in total. The van der Waals surface area contributed by atoms with Crippen LogP contribution >= 0.6 is 0 Å². The molecule has 0 fully saturated rings. The molecule has 0 aliphatic carbocycles. The third kappa shape index (κ3) is 24.4. The lowest BCUT2D eigenvalue weighted by molar-refractivity contribution is 1.50. The van der Waals surface area contributed by atoms with Crippen molar-refractivity contribution in [2.45, 2.75) is 215 Å². The van der Waals surface area contributed by atoms with Crippen LogP contribution in [0.3, 0.4) is 0 Å². The molecule has 0 nitrogen and oxygen atoms in total. The summed E-state index contributed by atoms with van der Waals surface area (Å²) >= 11 is 0. The third-order valence-electron chi connectivity index (χ3n) is 24.4. The van der Waals surface area contributed by atoms with Crippen molar-refractivity contribution in [2.75, 3.05) is 0 Å². The summed E-state index contributed by atoms with van der Waals surface area (Å²) in [5, 5.41) is 51.7. The van der Waals surface area contributed by atoms with Gasteiger partial charge in [0.25, 0.3) is 0 Å². The fraction of sp³-hybridized carbons (Fsp3) is 0.223. The van der Waals surface area contributed by atoms with Crippen LogP contribution in [0.4, 0.5) is 0 Å². The molecule has 26 aromatic rings. The van der Waals surface area contributed by atoms with E-state index in [4.69, 9.17) is 0 Å². The van der Waals surface area contributed by atoms with Crippen LogP contribution in [0.1, 0.15) is 205 Å². The summed E-state index contributed by atoms with van der Waals surface area (Å²) in [4.78, 5) is 0. The monoisotopic (exact) mass is 1830 g/mol. The zero-order valence-electron chi connectivity index (χ0n) is 89.9. The molecule has 26 rings (SSSR count). The summed E-state index contributed by atoms with van der Waals surface area (Å²) in [7, 11) is 0. The number of hydrogen-bond acceptors (Lipinski definition) is 0. The summed E-state index contributed by atoms with van der Waals surface area (Å²) in [5.41, 5.74) is 9.43. The van der Waals surface area contributed by atoms with Crippen LogP contribution in [0.5, 0.6) is 0 Å². The van der Waals surface area contributed by atoms with Gasteiger partial charge in [0, 0.05) is 0 Å². The van der Waals surface area contributed by atoms with Crippen molar-refractivity contribution >= 4 is 205 Å². The molecule has 0 aliphatic rings. The Morgan fingerprint density at radius 1 is 0.0935 bits per heavy atom. The van der Waals surface area contributed by atoms with Gasteiger partial charge in [-0.1, -0.05) is 530 Å². The van der Waals surface area contributed by atoms with E-state index >= 15 is 0 Å². The first-order chi connectivity index (χ1) is 68.4. The first kappa shape index (κ1) is 110. The summed E-state index contributed by atoms with van der Waals surface area (Å²) in [6.07, 6.45) is 0. The minimum Gasteiger partial charge on any atom is -0.0683 e. The van der Waals surface area contributed by atoms with Gasteiger partial charge >= 0.3 is 0 Å². The SMILES string of the molecule is CC.CC.CC.CC.CC.CC.CC.CC.CC.CC.CC.CC.Cc1cc2ccc3cccc4ccc(c1)c2c34.Cc1cc2cccc3ccc4cccc1c4c32.Cc1cc2cccc3ccc4cccc1c4c32.Cc1ccc2cc3ccccc3cc2c1.Cc1ccc2ccc3cccc4ccc1c2c34.Cc1ccc2ccc3cccc4ccc1c2c34.Cc1cccc2cc3ccccc3cc12. The number of benzene rings is 26. The number of rotatable bonds is 0. The molecule has 0 heterocycles. The number of fused-ring (bicyclic) bond motifs is 4. The molecule has 0 spiro atoms. The summed E-state index contributed by atoms with van der Waals surface area (Å²) in [6.45, 7) is 63.2. The molecule has 0 bridgehead atoms. The minimum atomic E-state index is 1.31. The zero-order valence-corrected chi connectivity index (χ0v) is 89.9. The molecule has 0 radical (unpaired) electrons. The summed E-state index contributed by atoms with van der Waals surface area (Å²) in [6, 6.07) is 139. The van der Waals surface area contributed by atoms with Crippen molar-refractivity contribution in [3.05, 3.63) is 421 Å². The van der Waals surface area contributed by atoms with Gasteiger partial charge in [0.1, 0.15) is 0 Å². The first-order valence-electron chi connectivity index (χ1n) is 52.3. The Kier molecular flexibility index (Phi) is 43.9. The highest BCUT2D eigenvalue weighted by Crippen LogP contribution is 2.42. The average molecular weight is 1830 g/mol. The lowest BCUT2D eigenvalue weighted by atomic mass is 9.92. The molecule has 0 saturated carbocycles. The quantitative estimate of drug-likeness (QED) is 0.105. The van der Waals surface area contributed by atoms with Crippen molar-refractivity contribution in [3.63, 3.8) is 0 Å². The topological polar surface area (TPSA) is 0 Å². The van der Waals surface area contributed by atoms with Crippen molar-refractivity contribution in [1.82, 2.24) is 0 Å². The fourth-order valence-electron chi connectivity index (χ4n) is 18.7. The second kappa shape index (κ2) is 55.4. The van der Waals surface area contributed by atoms with Gasteiger partial charge in [-0.25, -0.2) is 0 Å². The molecule has 0 aliphatic heterocycles. The largest absolute Gasteiger partial charge is 0.0683 e. The maximum atomic E-state index is 2.30. The number of hydrogen-bond donors (Lipinski definition) is 0. The molecule has 0 aromatic heterocycles. The summed E-state index contributed by atoms with van der Waals surface area (Å²) < 4.78 is 0. The van der Waals surface area contributed by atoms with Gasteiger partial charge in [0.05, 0.1) is 0 Å². The Hall–Kier alpha value is -14.0. The zero-order chi connectivity index (χ0) is 102. The van der Waals surface area contributed by atoms with E-state index in [0.29, 0.717) is 0 Å². The maximum absolute atomic E-state index is 2.30. The minimum absolute atomic E-state index is 1.31. The van der Waals surface area contributed by atoms with Crippen LogP contribution in [-0.4, -0.2) is 0 Å². The Balaban J connectivity index is 0.000000192. The van der Waals surface area contributed by atoms with E-state index in [-0.39, 0.29) is 0 Å². The Bertz CT molecular complexity index is 7660. The van der Waals surface area contributed by atoms with E-state index in [2.05, 4.69) is 431 Å². The van der Waals surface area contributed by atoms with E-state index in [1.165, 1.54) is 244 Å². The molecule has 0 atom stereocenters. The first-order valence-corrected chi connectivity index (χ1v) is 52.3. The van der Waals surface area contributed by atoms with Gasteiger partial charge in [0.15, 0.2) is 0 Å². The van der Waals surface area contributed by atoms with Crippen LogP contribution in [0.25, 0.3) is 205 Å².